The Morgan fingerprint density at radius 2 is 0.894 bits per heavy atom. The molecule has 0 aliphatic carbocycles. The van der Waals surface area contributed by atoms with Gasteiger partial charge in [-0.05, 0) is 70.6 Å². The number of carbonyl (C=O) groups is 1. The molecule has 0 bridgehead atoms. The predicted molar refractivity (Wildman–Crippen MR) is 284 cm³/mol. The van der Waals surface area contributed by atoms with Crippen LogP contribution in [0.2, 0.25) is 0 Å². The average molecular weight is 947 g/mol. The van der Waals surface area contributed by atoms with Crippen molar-refractivity contribution in [3.8, 4) is 0 Å². The van der Waals surface area contributed by atoms with E-state index in [4.69, 9.17) is 9.05 Å². The Morgan fingerprint density at radius 3 is 1.33 bits per heavy atom. The molecular weight excluding hydrogens is 840 g/mol. The van der Waals surface area contributed by atoms with Crippen molar-refractivity contribution >= 4 is 13.7 Å². The maximum atomic E-state index is 12.9. The molecule has 2 N–H and O–H groups in total. The lowest BCUT2D eigenvalue weighted by Crippen LogP contribution is -2.45. The number of nitrogens with one attached hydrogen (secondary N) is 1. The van der Waals surface area contributed by atoms with Crippen LogP contribution in [0.25, 0.3) is 0 Å². The molecule has 66 heavy (non-hydrogen) atoms. The van der Waals surface area contributed by atoms with E-state index < -0.39 is 26.6 Å². The number of amides is 1. The fourth-order valence-corrected chi connectivity index (χ4v) is 8.55. The van der Waals surface area contributed by atoms with Crippen molar-refractivity contribution in [3.05, 3.63) is 60.8 Å². The Labute approximate surface area is 409 Å². The number of hydrogen-bond acceptors (Lipinski definition) is 6. The predicted octanol–water partition coefficient (Wildman–Crippen LogP) is 15.9. The molecular formula is C57H107N2O6P. The molecule has 0 saturated heterocycles. The van der Waals surface area contributed by atoms with Crippen LogP contribution in [0.3, 0.4) is 0 Å². The van der Waals surface area contributed by atoms with Gasteiger partial charge in [0.2, 0.25) is 5.91 Å². The zero-order valence-electron chi connectivity index (χ0n) is 43.9. The number of phosphoric acid groups is 1. The first kappa shape index (κ1) is 64.2. The van der Waals surface area contributed by atoms with E-state index in [1.54, 1.807) is 6.08 Å². The third-order valence-electron chi connectivity index (χ3n) is 12.2. The fraction of sp³-hybridized carbons (Fsp3) is 0.807. The van der Waals surface area contributed by atoms with Gasteiger partial charge in [0.25, 0.3) is 7.82 Å². The van der Waals surface area contributed by atoms with Gasteiger partial charge in [-0.15, -0.1) is 0 Å². The minimum Gasteiger partial charge on any atom is -0.756 e. The quantitative estimate of drug-likeness (QED) is 0.0272. The molecule has 0 aliphatic heterocycles. The van der Waals surface area contributed by atoms with Crippen molar-refractivity contribution in [2.24, 2.45) is 0 Å². The summed E-state index contributed by atoms with van der Waals surface area (Å²) in [5.74, 6) is -0.214. The number of aliphatic hydroxyl groups excluding tert-OH is 1. The topological polar surface area (TPSA) is 108 Å². The van der Waals surface area contributed by atoms with Crippen LogP contribution in [0.1, 0.15) is 245 Å². The Kier molecular flexibility index (Phi) is 46.9. The summed E-state index contributed by atoms with van der Waals surface area (Å²) in [6.45, 7) is 4.62. The lowest BCUT2D eigenvalue weighted by molar-refractivity contribution is -0.870. The van der Waals surface area contributed by atoms with Gasteiger partial charge in [0.1, 0.15) is 13.2 Å². The number of quaternary nitrogens is 1. The summed E-state index contributed by atoms with van der Waals surface area (Å²) in [5.41, 5.74) is 0. The van der Waals surface area contributed by atoms with Crippen LogP contribution in [0.4, 0.5) is 0 Å². The third kappa shape index (κ3) is 50.1. The highest BCUT2D eigenvalue weighted by Crippen LogP contribution is 2.38. The molecule has 0 aromatic heterocycles. The van der Waals surface area contributed by atoms with Gasteiger partial charge >= 0.3 is 0 Å². The number of aliphatic hydroxyl groups is 1. The number of unbranched alkanes of at least 4 members (excludes halogenated alkanes) is 29. The number of rotatable bonds is 50. The average Bonchev–Trinajstić information content (AvgIpc) is 3.28. The van der Waals surface area contributed by atoms with E-state index in [1.807, 2.05) is 27.2 Å². The largest absolute Gasteiger partial charge is 0.756 e. The smallest absolute Gasteiger partial charge is 0.268 e. The van der Waals surface area contributed by atoms with Crippen molar-refractivity contribution in [1.82, 2.24) is 5.32 Å². The third-order valence-corrected chi connectivity index (χ3v) is 13.2. The van der Waals surface area contributed by atoms with Gasteiger partial charge in [-0.1, -0.05) is 229 Å². The summed E-state index contributed by atoms with van der Waals surface area (Å²) < 4.78 is 23.3. The first-order valence-electron chi connectivity index (χ1n) is 27.7. The van der Waals surface area contributed by atoms with Crippen LogP contribution in [0.15, 0.2) is 60.8 Å². The van der Waals surface area contributed by atoms with E-state index in [1.165, 1.54) is 161 Å². The van der Waals surface area contributed by atoms with E-state index in [-0.39, 0.29) is 12.5 Å². The van der Waals surface area contributed by atoms with Crippen LogP contribution in [0, 0.1) is 0 Å². The van der Waals surface area contributed by atoms with Gasteiger partial charge in [-0.3, -0.25) is 9.36 Å². The van der Waals surface area contributed by atoms with E-state index in [0.717, 1.165) is 64.2 Å². The zero-order valence-corrected chi connectivity index (χ0v) is 44.8. The van der Waals surface area contributed by atoms with Gasteiger partial charge < -0.3 is 28.8 Å². The highest BCUT2D eigenvalue weighted by molar-refractivity contribution is 7.45. The summed E-state index contributed by atoms with van der Waals surface area (Å²) in [6, 6.07) is -0.910. The first-order valence-corrected chi connectivity index (χ1v) is 29.1. The Bertz CT molecular complexity index is 1260. The van der Waals surface area contributed by atoms with E-state index in [2.05, 4.69) is 67.8 Å². The molecule has 0 fully saturated rings. The highest BCUT2D eigenvalue weighted by atomic mass is 31.2. The molecule has 3 unspecified atom stereocenters. The molecule has 3 atom stereocenters. The molecule has 0 spiro atoms. The maximum absolute atomic E-state index is 12.9. The molecule has 0 aliphatic rings. The minimum atomic E-state index is -4.61. The van der Waals surface area contributed by atoms with E-state index in [0.29, 0.717) is 17.4 Å². The maximum Gasteiger partial charge on any atom is 0.268 e. The van der Waals surface area contributed by atoms with Crippen LogP contribution < -0.4 is 10.2 Å². The summed E-state index contributed by atoms with van der Waals surface area (Å²) >= 11 is 0. The van der Waals surface area contributed by atoms with Crippen molar-refractivity contribution in [2.45, 2.75) is 257 Å². The summed E-state index contributed by atoms with van der Waals surface area (Å²) in [5, 5.41) is 13.8. The second-order valence-electron chi connectivity index (χ2n) is 19.9. The molecule has 0 aromatic carbocycles. The molecule has 0 rings (SSSR count). The SMILES string of the molecule is CCCCCCC/C=C\C/C=C\C/C=C\CCCCCCCCCCC(=O)NC(COP(=O)([O-])OCC[N+](C)(C)C)C(O)/C=C/CC/C=C/CCCCCCCCCCCCCCCCC. The molecule has 1 amide bonds. The molecule has 0 aromatic rings. The number of nitrogens with zero attached hydrogens (tertiary/aromatic N) is 1. The molecule has 0 heterocycles. The molecule has 9 heteroatoms. The van der Waals surface area contributed by atoms with Crippen LogP contribution >= 0.6 is 7.82 Å². The standard InChI is InChI=1S/C57H107N2O6P/c1-6-8-10-12-14-16-18-20-22-24-26-28-29-31-33-35-37-39-41-43-45-47-49-51-57(61)58-55(54-65-66(62,63)64-53-52-59(3,4)5)56(60)50-48-46-44-42-40-38-36-34-32-30-27-25-23-21-19-17-15-13-11-9-7-2/h18,20,24,26,29,31,40,42,48,50,55-56,60H,6-17,19,21-23,25,27-28,30,32-39,41,43-47,49,51-54H2,1-5H3,(H-,58,61,62,63)/b20-18-,26-24-,31-29-,42-40+,50-48+. The molecule has 0 radical (unpaired) electrons. The number of allylic oxidation sites excluding steroid dienone is 9. The number of likely N-dealkylation sites (N-methyl/N-ethyl adjacent to an activating group) is 1. The summed E-state index contributed by atoms with van der Waals surface area (Å²) in [7, 11) is 1.24. The van der Waals surface area contributed by atoms with Crippen molar-refractivity contribution in [2.75, 3.05) is 40.9 Å². The summed E-state index contributed by atoms with van der Waals surface area (Å²) in [4.78, 5) is 25.5. The lowest BCUT2D eigenvalue weighted by atomic mass is 10.0. The molecule has 8 nitrogen and oxygen atoms in total. The molecule has 386 valence electrons. The normalized spacial score (nSPS) is 14.5. The zero-order chi connectivity index (χ0) is 48.5. The number of phosphoric ester groups is 1. The van der Waals surface area contributed by atoms with Crippen LogP contribution in [0.5, 0.6) is 0 Å². The monoisotopic (exact) mass is 947 g/mol. The summed E-state index contributed by atoms with van der Waals surface area (Å²) in [6.07, 6.45) is 64.3. The van der Waals surface area contributed by atoms with Crippen LogP contribution in [-0.2, 0) is 18.4 Å². The van der Waals surface area contributed by atoms with Crippen LogP contribution in [-0.4, -0.2) is 68.5 Å². The lowest BCUT2D eigenvalue weighted by Gasteiger charge is -2.29. The highest BCUT2D eigenvalue weighted by Gasteiger charge is 2.23. The van der Waals surface area contributed by atoms with E-state index >= 15 is 0 Å². The van der Waals surface area contributed by atoms with Gasteiger partial charge in [0, 0.05) is 6.42 Å². The second kappa shape index (κ2) is 48.2. The fourth-order valence-electron chi connectivity index (χ4n) is 7.82. The minimum absolute atomic E-state index is 0.00987. The number of carbonyl (C=O) groups excluding carboxylic acids is 1. The second-order valence-corrected chi connectivity index (χ2v) is 21.3. The van der Waals surface area contributed by atoms with Gasteiger partial charge in [0.05, 0.1) is 39.9 Å². The Morgan fingerprint density at radius 1 is 0.530 bits per heavy atom. The van der Waals surface area contributed by atoms with Crippen molar-refractivity contribution in [3.63, 3.8) is 0 Å². The number of hydrogen-bond donors (Lipinski definition) is 2. The van der Waals surface area contributed by atoms with E-state index in [9.17, 15) is 19.4 Å². The first-order chi connectivity index (χ1) is 32.0. The van der Waals surface area contributed by atoms with Crippen molar-refractivity contribution in [1.29, 1.82) is 0 Å². The Balaban J connectivity index is 4.33. The van der Waals surface area contributed by atoms with Gasteiger partial charge in [-0.2, -0.15) is 0 Å². The Hall–Kier alpha value is -1.80. The van der Waals surface area contributed by atoms with Gasteiger partial charge in [0.15, 0.2) is 0 Å². The van der Waals surface area contributed by atoms with Crippen molar-refractivity contribution < 1.29 is 32.9 Å². The molecule has 0 saturated carbocycles. The van der Waals surface area contributed by atoms with Gasteiger partial charge in [-0.25, -0.2) is 0 Å².